The molecule has 0 unspecified atom stereocenters. The molecule has 0 fully saturated rings. The zero-order valence-electron chi connectivity index (χ0n) is 21.8. The number of hydrogen-bond acceptors (Lipinski definition) is 5. The largest absolute Gasteiger partial charge is 0.385 e. The van der Waals surface area contributed by atoms with Crippen LogP contribution in [-0.2, 0) is 0 Å². The lowest BCUT2D eigenvalue weighted by Gasteiger charge is -2.41. The maximum Gasteiger partial charge on any atom is 0.252 e. The molecule has 3 N–H and O–H groups in total. The van der Waals surface area contributed by atoms with Crippen molar-refractivity contribution >= 4 is 22.5 Å². The zero-order chi connectivity index (χ0) is 24.8. The van der Waals surface area contributed by atoms with Gasteiger partial charge in [0.15, 0.2) is 5.65 Å². The highest BCUT2D eigenvalue weighted by molar-refractivity contribution is 6.06. The van der Waals surface area contributed by atoms with E-state index in [9.17, 15) is 4.79 Å². The fourth-order valence-electron chi connectivity index (χ4n) is 5.18. The summed E-state index contributed by atoms with van der Waals surface area (Å²) in [4.78, 5) is 18.5. The molecule has 7 nitrogen and oxygen atoms in total. The molecule has 0 saturated carbocycles. The third-order valence-electron chi connectivity index (χ3n) is 6.49. The second-order valence-corrected chi connectivity index (χ2v) is 11.2. The van der Waals surface area contributed by atoms with Crippen molar-refractivity contribution < 1.29 is 4.79 Å². The van der Waals surface area contributed by atoms with E-state index in [2.05, 4.69) is 88.6 Å². The van der Waals surface area contributed by atoms with Gasteiger partial charge in [-0.2, -0.15) is 5.10 Å². The van der Waals surface area contributed by atoms with Crippen LogP contribution in [0, 0.1) is 0 Å². The van der Waals surface area contributed by atoms with Crippen molar-refractivity contribution in [1.82, 2.24) is 30.7 Å². The van der Waals surface area contributed by atoms with Crippen LogP contribution in [0.2, 0.25) is 0 Å². The van der Waals surface area contributed by atoms with E-state index < -0.39 is 0 Å². The predicted octanol–water partition coefficient (Wildman–Crippen LogP) is 4.50. The average molecular weight is 463 g/mol. The molecule has 7 heteroatoms. The van der Waals surface area contributed by atoms with E-state index in [-0.39, 0.29) is 23.0 Å². The first-order valence-electron chi connectivity index (χ1n) is 12.1. The van der Waals surface area contributed by atoms with Crippen LogP contribution in [0.4, 0.5) is 0 Å². The van der Waals surface area contributed by atoms with Crippen LogP contribution >= 0.6 is 0 Å². The Kier molecular flexibility index (Phi) is 6.19. The molecule has 4 heterocycles. The van der Waals surface area contributed by atoms with Gasteiger partial charge in [0.05, 0.1) is 22.8 Å². The van der Waals surface area contributed by atoms with Crippen molar-refractivity contribution in [2.24, 2.45) is 0 Å². The maximum absolute atomic E-state index is 13.5. The molecule has 2 aliphatic rings. The minimum atomic E-state index is -0.169. The summed E-state index contributed by atoms with van der Waals surface area (Å²) in [5.74, 6) is -0.100. The second kappa shape index (κ2) is 8.69. The Labute approximate surface area is 202 Å². The first kappa shape index (κ1) is 24.2. The Bertz CT molecular complexity index is 1230. The second-order valence-electron chi connectivity index (χ2n) is 11.2. The van der Waals surface area contributed by atoms with Crippen LogP contribution < -0.4 is 16.0 Å². The molecule has 2 aromatic heterocycles. The van der Waals surface area contributed by atoms with E-state index in [1.54, 1.807) is 6.20 Å². The quantitative estimate of drug-likeness (QED) is 0.609. The van der Waals surface area contributed by atoms with Crippen molar-refractivity contribution in [3.05, 3.63) is 52.5 Å². The van der Waals surface area contributed by atoms with Crippen LogP contribution in [0.25, 0.3) is 16.6 Å². The lowest BCUT2D eigenvalue weighted by molar-refractivity contribution is 0.0958. The molecule has 1 amide bonds. The molecule has 0 bridgehead atoms. The number of rotatable bonds is 5. The van der Waals surface area contributed by atoms with Gasteiger partial charge in [0.25, 0.3) is 5.91 Å². The van der Waals surface area contributed by atoms with Crippen molar-refractivity contribution in [2.75, 3.05) is 13.1 Å². The third-order valence-corrected chi connectivity index (χ3v) is 6.49. The van der Waals surface area contributed by atoms with Gasteiger partial charge in [-0.1, -0.05) is 6.08 Å². The van der Waals surface area contributed by atoms with E-state index in [0.717, 1.165) is 41.0 Å². The summed E-state index contributed by atoms with van der Waals surface area (Å²) in [6.07, 6.45) is 6.95. The van der Waals surface area contributed by atoms with Gasteiger partial charge in [0, 0.05) is 35.9 Å². The van der Waals surface area contributed by atoms with Gasteiger partial charge in [-0.3, -0.25) is 4.79 Å². The van der Waals surface area contributed by atoms with Crippen LogP contribution in [0.3, 0.4) is 0 Å². The number of carbonyl (C=O) groups is 1. The Hall–Kier alpha value is -2.93. The van der Waals surface area contributed by atoms with Crippen LogP contribution in [0.5, 0.6) is 0 Å². The number of hydrogen-bond donors (Lipinski definition) is 3. The minimum absolute atomic E-state index is 0.0748. The van der Waals surface area contributed by atoms with Gasteiger partial charge in [0.1, 0.15) is 0 Å². The van der Waals surface area contributed by atoms with Gasteiger partial charge in [0.2, 0.25) is 0 Å². The highest BCUT2D eigenvalue weighted by atomic mass is 16.1. The topological polar surface area (TPSA) is 83.9 Å². The molecule has 2 aliphatic heterocycles. The van der Waals surface area contributed by atoms with Crippen LogP contribution in [0.15, 0.2) is 41.3 Å². The van der Waals surface area contributed by atoms with E-state index in [1.165, 1.54) is 11.1 Å². The smallest absolute Gasteiger partial charge is 0.252 e. The molecular formula is C27H38N6O. The molecule has 0 spiro atoms. The van der Waals surface area contributed by atoms with E-state index in [0.29, 0.717) is 12.1 Å². The first-order chi connectivity index (χ1) is 15.8. The number of allylic oxidation sites excluding steroid dienone is 3. The van der Waals surface area contributed by atoms with Crippen LogP contribution in [-0.4, -0.2) is 44.8 Å². The van der Waals surface area contributed by atoms with Crippen molar-refractivity contribution in [3.63, 3.8) is 0 Å². The third kappa shape index (κ3) is 4.94. The standard InChI is InChI=1S/C27H38N6O/c1-16(2)33-24-22(15-30-33)21(25(34)29-14-20-13-28-18(4)9-17(20)3)10-23(31-24)19-11-26(5,6)32-27(7,8)12-19/h9-11,15-16,28,32H,12-14H2,1-8H3,(H,29,34). The highest BCUT2D eigenvalue weighted by Gasteiger charge is 2.33. The van der Waals surface area contributed by atoms with E-state index in [1.807, 2.05) is 10.7 Å². The number of carbonyl (C=O) groups excluding carboxylic acids is 1. The number of pyridine rings is 1. The molecule has 4 rings (SSSR count). The summed E-state index contributed by atoms with van der Waals surface area (Å²) in [5, 5.41) is 15.5. The molecule has 0 radical (unpaired) electrons. The number of aromatic nitrogens is 3. The van der Waals surface area contributed by atoms with Gasteiger partial charge in [-0.15, -0.1) is 0 Å². The molecular weight excluding hydrogens is 424 g/mol. The predicted molar refractivity (Wildman–Crippen MR) is 139 cm³/mol. The normalized spacial score (nSPS) is 19.7. The molecule has 0 aliphatic carbocycles. The van der Waals surface area contributed by atoms with E-state index in [4.69, 9.17) is 4.98 Å². The van der Waals surface area contributed by atoms with Crippen LogP contribution in [0.1, 0.15) is 83.9 Å². The number of nitrogens with one attached hydrogen (secondary N) is 3. The van der Waals surface area contributed by atoms with E-state index >= 15 is 0 Å². The van der Waals surface area contributed by atoms with Gasteiger partial charge < -0.3 is 16.0 Å². The Morgan fingerprint density at radius 2 is 1.97 bits per heavy atom. The molecule has 182 valence electrons. The minimum Gasteiger partial charge on any atom is -0.385 e. The Balaban J connectivity index is 1.75. The molecule has 34 heavy (non-hydrogen) atoms. The number of dihydropyridines is 1. The first-order valence-corrected chi connectivity index (χ1v) is 12.1. The zero-order valence-corrected chi connectivity index (χ0v) is 21.8. The monoisotopic (exact) mass is 462 g/mol. The number of fused-ring (bicyclic) bond motifs is 1. The molecule has 0 saturated heterocycles. The Morgan fingerprint density at radius 1 is 1.24 bits per heavy atom. The number of amides is 1. The highest BCUT2D eigenvalue weighted by Crippen LogP contribution is 2.34. The summed E-state index contributed by atoms with van der Waals surface area (Å²) in [7, 11) is 0. The fraction of sp³-hybridized carbons (Fsp3) is 0.519. The molecule has 0 atom stereocenters. The molecule has 0 aromatic carbocycles. The summed E-state index contributed by atoms with van der Waals surface area (Å²) >= 11 is 0. The van der Waals surface area contributed by atoms with Crippen molar-refractivity contribution in [1.29, 1.82) is 0 Å². The summed E-state index contributed by atoms with van der Waals surface area (Å²) < 4.78 is 1.90. The van der Waals surface area contributed by atoms with Gasteiger partial charge in [-0.25, -0.2) is 9.67 Å². The van der Waals surface area contributed by atoms with Crippen molar-refractivity contribution in [3.8, 4) is 0 Å². The fourth-order valence-corrected chi connectivity index (χ4v) is 5.18. The lowest BCUT2D eigenvalue weighted by Crippen LogP contribution is -2.53. The Morgan fingerprint density at radius 3 is 2.62 bits per heavy atom. The van der Waals surface area contributed by atoms with Gasteiger partial charge >= 0.3 is 0 Å². The number of nitrogens with zero attached hydrogens (tertiary/aromatic N) is 3. The maximum atomic E-state index is 13.5. The lowest BCUT2D eigenvalue weighted by atomic mass is 9.82. The average Bonchev–Trinajstić information content (AvgIpc) is 3.14. The van der Waals surface area contributed by atoms with Crippen molar-refractivity contribution in [2.45, 2.75) is 78.9 Å². The summed E-state index contributed by atoms with van der Waals surface area (Å²) in [6, 6.07) is 2.08. The SMILES string of the molecule is CC1=CC(C)=C(CNC(=O)c2cc(C3=CC(C)(C)NC(C)(C)C3)nc3c2cnn3C(C)C)CN1. The molecule has 2 aromatic rings. The summed E-state index contributed by atoms with van der Waals surface area (Å²) in [6.45, 7) is 18.3. The van der Waals surface area contributed by atoms with Gasteiger partial charge in [-0.05, 0) is 90.7 Å². The summed E-state index contributed by atoms with van der Waals surface area (Å²) in [5.41, 5.74) is 6.66.